The van der Waals surface area contributed by atoms with Gasteiger partial charge in [0, 0.05) is 39.9 Å². The molecule has 0 unspecified atom stereocenters. The number of hydrogen-bond acceptors (Lipinski definition) is 3. The van der Waals surface area contributed by atoms with Crippen molar-refractivity contribution in [1.82, 2.24) is 14.9 Å². The maximum absolute atomic E-state index is 12.3. The fourth-order valence-corrected chi connectivity index (χ4v) is 5.83. The van der Waals surface area contributed by atoms with Crippen molar-refractivity contribution in [3.05, 3.63) is 106 Å². The Bertz CT molecular complexity index is 1550. The highest BCUT2D eigenvalue weighted by Crippen LogP contribution is 2.44. The highest BCUT2D eigenvalue weighted by Gasteiger charge is 2.42. The van der Waals surface area contributed by atoms with E-state index in [0.717, 1.165) is 34.0 Å². The van der Waals surface area contributed by atoms with E-state index >= 15 is 0 Å². The summed E-state index contributed by atoms with van der Waals surface area (Å²) >= 11 is 18.9. The summed E-state index contributed by atoms with van der Waals surface area (Å²) in [5.74, 6) is -0.251. The van der Waals surface area contributed by atoms with Crippen LogP contribution in [0.4, 0.5) is 11.4 Å². The molecule has 200 valence electrons. The lowest BCUT2D eigenvalue weighted by Gasteiger charge is -2.28. The van der Waals surface area contributed by atoms with Crippen LogP contribution in [0.1, 0.15) is 48.6 Å². The Labute approximate surface area is 244 Å². The molecule has 1 aliphatic heterocycles. The number of thiocarbonyl (C=S) groups is 1. The average molecular weight is 579 g/mol. The van der Waals surface area contributed by atoms with Gasteiger partial charge in [0.15, 0.2) is 5.11 Å². The molecule has 4 aromatic rings. The number of amides is 1. The first-order valence-corrected chi connectivity index (χ1v) is 13.9. The van der Waals surface area contributed by atoms with Gasteiger partial charge in [-0.05, 0) is 86.2 Å². The Morgan fingerprint density at radius 3 is 2.49 bits per heavy atom. The summed E-state index contributed by atoms with van der Waals surface area (Å²) < 4.78 is 2.20. The average Bonchev–Trinajstić information content (AvgIpc) is 3.40. The summed E-state index contributed by atoms with van der Waals surface area (Å²) in [5.41, 5.74) is 6.50. The molecule has 5 rings (SSSR count). The highest BCUT2D eigenvalue weighted by molar-refractivity contribution is 7.80. The smallest absolute Gasteiger partial charge is 0.226 e. The van der Waals surface area contributed by atoms with Crippen molar-refractivity contribution in [3.8, 4) is 5.69 Å². The van der Waals surface area contributed by atoms with Crippen molar-refractivity contribution >= 4 is 57.8 Å². The second kappa shape index (κ2) is 11.0. The fraction of sp³-hybridized carbons (Fsp3) is 0.233. The standard InChI is InChI=1S/C30H29Cl2N5OS/c1-17(2)29(38)34-25-12-11-22(16-24(25)32)37-28(27(35-30(37)39)26-10-5-6-13-33-26)23-14-18(3)36(19(23)4)21-9-7-8-20(31)15-21/h5-17,27-28H,1-4H3,(H,34,38)(H,35,39)/t27-,28+/m0/s1. The molecular formula is C30H29Cl2N5OS. The Morgan fingerprint density at radius 2 is 1.82 bits per heavy atom. The van der Waals surface area contributed by atoms with E-state index in [-0.39, 0.29) is 23.9 Å². The molecule has 1 amide bonds. The molecule has 3 heterocycles. The van der Waals surface area contributed by atoms with Crippen LogP contribution in [-0.2, 0) is 4.79 Å². The molecule has 9 heteroatoms. The van der Waals surface area contributed by atoms with Gasteiger partial charge in [-0.2, -0.15) is 0 Å². The molecular weight excluding hydrogens is 549 g/mol. The molecule has 0 aliphatic carbocycles. The van der Waals surface area contributed by atoms with Crippen LogP contribution in [0, 0.1) is 19.8 Å². The predicted octanol–water partition coefficient (Wildman–Crippen LogP) is 7.57. The van der Waals surface area contributed by atoms with Gasteiger partial charge in [-0.15, -0.1) is 0 Å². The molecule has 1 fully saturated rings. The number of nitrogens with zero attached hydrogens (tertiary/aromatic N) is 3. The van der Waals surface area contributed by atoms with Crippen LogP contribution in [0.5, 0.6) is 0 Å². The molecule has 1 saturated heterocycles. The fourth-order valence-electron chi connectivity index (χ4n) is 5.08. The number of anilines is 2. The zero-order valence-electron chi connectivity index (χ0n) is 22.1. The van der Waals surface area contributed by atoms with Crippen LogP contribution in [0.25, 0.3) is 5.69 Å². The topological polar surface area (TPSA) is 62.2 Å². The summed E-state index contributed by atoms with van der Waals surface area (Å²) in [6.07, 6.45) is 1.79. The number of aryl methyl sites for hydroxylation is 1. The molecule has 39 heavy (non-hydrogen) atoms. The summed E-state index contributed by atoms with van der Waals surface area (Å²) in [6, 6.07) is 21.1. The predicted molar refractivity (Wildman–Crippen MR) is 163 cm³/mol. The van der Waals surface area contributed by atoms with Gasteiger partial charge >= 0.3 is 0 Å². The SMILES string of the molecule is Cc1cc([C@@H]2[C@H](c3ccccn3)NC(=S)N2c2ccc(NC(=O)C(C)C)c(Cl)c2)c(C)n1-c1cccc(Cl)c1. The number of carbonyl (C=O) groups is 1. The van der Waals surface area contributed by atoms with Gasteiger partial charge in [0.25, 0.3) is 0 Å². The Morgan fingerprint density at radius 1 is 1.03 bits per heavy atom. The van der Waals surface area contributed by atoms with Gasteiger partial charge in [-0.1, -0.05) is 49.2 Å². The third-order valence-electron chi connectivity index (χ3n) is 6.97. The van der Waals surface area contributed by atoms with E-state index in [4.69, 9.17) is 35.4 Å². The Hall–Kier alpha value is -3.39. The summed E-state index contributed by atoms with van der Waals surface area (Å²) in [4.78, 5) is 19.0. The second-order valence-electron chi connectivity index (χ2n) is 9.95. The Kier molecular flexibility index (Phi) is 7.67. The Balaban J connectivity index is 1.62. The minimum absolute atomic E-state index is 0.0930. The molecule has 0 saturated carbocycles. The number of benzene rings is 2. The van der Waals surface area contributed by atoms with E-state index in [1.54, 1.807) is 6.20 Å². The molecule has 2 aromatic heterocycles. The van der Waals surface area contributed by atoms with Crippen LogP contribution in [0.15, 0.2) is 72.9 Å². The first-order valence-electron chi connectivity index (χ1n) is 12.7. The van der Waals surface area contributed by atoms with Gasteiger partial charge in [0.1, 0.15) is 0 Å². The second-order valence-corrected chi connectivity index (χ2v) is 11.2. The van der Waals surface area contributed by atoms with E-state index < -0.39 is 0 Å². The maximum Gasteiger partial charge on any atom is 0.226 e. The lowest BCUT2D eigenvalue weighted by atomic mass is 9.96. The van der Waals surface area contributed by atoms with Crippen molar-refractivity contribution in [2.24, 2.45) is 5.92 Å². The molecule has 2 atom stereocenters. The molecule has 0 bridgehead atoms. The van der Waals surface area contributed by atoms with Crippen molar-refractivity contribution in [2.75, 3.05) is 10.2 Å². The number of carbonyl (C=O) groups excluding carboxylic acids is 1. The van der Waals surface area contributed by atoms with Crippen LogP contribution in [-0.4, -0.2) is 20.6 Å². The molecule has 0 radical (unpaired) electrons. The van der Waals surface area contributed by atoms with Crippen LogP contribution in [0.3, 0.4) is 0 Å². The number of nitrogens with one attached hydrogen (secondary N) is 2. The van der Waals surface area contributed by atoms with E-state index in [1.807, 2.05) is 74.5 Å². The number of halogens is 2. The quantitative estimate of drug-likeness (QED) is 0.231. The molecule has 1 aliphatic rings. The third-order valence-corrected chi connectivity index (χ3v) is 7.83. The summed E-state index contributed by atoms with van der Waals surface area (Å²) in [7, 11) is 0. The number of pyridine rings is 1. The lowest BCUT2D eigenvalue weighted by molar-refractivity contribution is -0.118. The monoisotopic (exact) mass is 577 g/mol. The van der Waals surface area contributed by atoms with E-state index in [9.17, 15) is 4.79 Å². The van der Waals surface area contributed by atoms with Gasteiger partial charge in [0.05, 0.1) is 28.5 Å². The first kappa shape index (κ1) is 27.2. The number of rotatable bonds is 6. The van der Waals surface area contributed by atoms with Gasteiger partial charge in [0.2, 0.25) is 5.91 Å². The van der Waals surface area contributed by atoms with Crippen molar-refractivity contribution in [1.29, 1.82) is 0 Å². The van der Waals surface area contributed by atoms with Gasteiger partial charge < -0.3 is 20.1 Å². The van der Waals surface area contributed by atoms with Crippen molar-refractivity contribution in [2.45, 2.75) is 39.8 Å². The van der Waals surface area contributed by atoms with Crippen molar-refractivity contribution < 1.29 is 4.79 Å². The normalized spacial score (nSPS) is 17.0. The zero-order valence-corrected chi connectivity index (χ0v) is 24.4. The van der Waals surface area contributed by atoms with E-state index in [1.165, 1.54) is 0 Å². The number of aromatic nitrogens is 2. The zero-order chi connectivity index (χ0) is 27.8. The van der Waals surface area contributed by atoms with Crippen LogP contribution in [0.2, 0.25) is 10.0 Å². The largest absolute Gasteiger partial charge is 0.351 e. The highest BCUT2D eigenvalue weighted by atomic mass is 35.5. The minimum atomic E-state index is -0.210. The van der Waals surface area contributed by atoms with Gasteiger partial charge in [-0.3, -0.25) is 9.78 Å². The molecule has 2 N–H and O–H groups in total. The van der Waals surface area contributed by atoms with Crippen LogP contribution < -0.4 is 15.5 Å². The summed E-state index contributed by atoms with van der Waals surface area (Å²) in [5, 5.41) is 8.09. The lowest BCUT2D eigenvalue weighted by Crippen LogP contribution is -2.29. The van der Waals surface area contributed by atoms with Gasteiger partial charge in [-0.25, -0.2) is 0 Å². The molecule has 0 spiro atoms. The van der Waals surface area contributed by atoms with Crippen molar-refractivity contribution in [3.63, 3.8) is 0 Å². The molecule has 2 aromatic carbocycles. The maximum atomic E-state index is 12.3. The minimum Gasteiger partial charge on any atom is -0.351 e. The van der Waals surface area contributed by atoms with Crippen LogP contribution >= 0.6 is 35.4 Å². The number of hydrogen-bond donors (Lipinski definition) is 2. The summed E-state index contributed by atoms with van der Waals surface area (Å²) in [6.45, 7) is 7.87. The van der Waals surface area contributed by atoms with E-state index in [2.05, 4.69) is 45.0 Å². The third kappa shape index (κ3) is 5.26. The molecule has 6 nitrogen and oxygen atoms in total. The first-order chi connectivity index (χ1) is 18.7. The van der Waals surface area contributed by atoms with E-state index in [0.29, 0.717) is 20.8 Å².